The third-order valence-corrected chi connectivity index (χ3v) is 4.13. The summed E-state index contributed by atoms with van der Waals surface area (Å²) in [5, 5.41) is 5.60. The van der Waals surface area contributed by atoms with E-state index in [0.717, 1.165) is 26.1 Å². The first-order chi connectivity index (χ1) is 9.24. The van der Waals surface area contributed by atoms with Gasteiger partial charge in [-0.25, -0.2) is 0 Å². The van der Waals surface area contributed by atoms with Gasteiger partial charge in [-0.1, -0.05) is 23.8 Å². The molecule has 0 aliphatic carbocycles. The van der Waals surface area contributed by atoms with Crippen LogP contribution in [-0.2, 0) is 6.42 Å². The van der Waals surface area contributed by atoms with Crippen molar-refractivity contribution < 1.29 is 0 Å². The zero-order chi connectivity index (χ0) is 13.5. The highest BCUT2D eigenvalue weighted by molar-refractivity contribution is 7.09. The van der Waals surface area contributed by atoms with Crippen LogP contribution >= 0.6 is 11.3 Å². The summed E-state index contributed by atoms with van der Waals surface area (Å²) < 4.78 is 0. The number of aryl methyl sites for hydroxylation is 1. The summed E-state index contributed by atoms with van der Waals surface area (Å²) in [6.07, 6.45) is 1.15. The molecule has 19 heavy (non-hydrogen) atoms. The number of hydrogen-bond donors (Lipinski definition) is 1. The molecule has 2 aromatic rings. The molecule has 0 unspecified atom stereocenters. The van der Waals surface area contributed by atoms with E-state index >= 15 is 0 Å². The smallest absolute Gasteiger partial charge is 0.0340 e. The summed E-state index contributed by atoms with van der Waals surface area (Å²) in [5.74, 6) is 0. The Morgan fingerprint density at radius 3 is 2.58 bits per heavy atom. The average molecular weight is 274 g/mol. The summed E-state index contributed by atoms with van der Waals surface area (Å²) >= 11 is 1.84. The van der Waals surface area contributed by atoms with Gasteiger partial charge in [0.2, 0.25) is 0 Å². The van der Waals surface area contributed by atoms with Crippen LogP contribution < -0.4 is 5.32 Å². The standard InChI is InChI=1S/C16H22N2S/c1-14-5-7-15(8-6-14)17-10-12-18(2)11-9-16-4-3-13-19-16/h3-8,13,17H,9-12H2,1-2H3. The lowest BCUT2D eigenvalue weighted by molar-refractivity contribution is 0.352. The number of nitrogens with one attached hydrogen (secondary N) is 1. The maximum absolute atomic E-state index is 3.46. The van der Waals surface area contributed by atoms with Crippen LogP contribution in [0.5, 0.6) is 0 Å². The van der Waals surface area contributed by atoms with Crippen molar-refractivity contribution >= 4 is 17.0 Å². The summed E-state index contributed by atoms with van der Waals surface area (Å²) in [4.78, 5) is 3.85. The SMILES string of the molecule is Cc1ccc(NCCN(C)CCc2cccs2)cc1. The predicted molar refractivity (Wildman–Crippen MR) is 85.2 cm³/mol. The summed E-state index contributed by atoms with van der Waals surface area (Å²) in [6, 6.07) is 12.9. The Labute approximate surface area is 120 Å². The van der Waals surface area contributed by atoms with Gasteiger partial charge >= 0.3 is 0 Å². The van der Waals surface area contributed by atoms with Crippen LogP contribution in [0.4, 0.5) is 5.69 Å². The number of rotatable bonds is 7. The molecule has 0 saturated carbocycles. The molecule has 1 aromatic carbocycles. The Bertz CT molecular complexity index is 462. The van der Waals surface area contributed by atoms with Crippen molar-refractivity contribution in [1.82, 2.24) is 4.90 Å². The molecule has 2 rings (SSSR count). The number of thiophene rings is 1. The lowest BCUT2D eigenvalue weighted by Crippen LogP contribution is -2.27. The highest BCUT2D eigenvalue weighted by Gasteiger charge is 2.00. The van der Waals surface area contributed by atoms with E-state index in [-0.39, 0.29) is 0 Å². The van der Waals surface area contributed by atoms with Crippen molar-refractivity contribution in [3.8, 4) is 0 Å². The van der Waals surface area contributed by atoms with Gasteiger partial charge in [-0.3, -0.25) is 0 Å². The Hall–Kier alpha value is -1.32. The van der Waals surface area contributed by atoms with Crippen LogP contribution in [-0.4, -0.2) is 31.6 Å². The second kappa shape index (κ2) is 7.31. The first-order valence-corrected chi connectivity index (χ1v) is 7.63. The molecular weight excluding hydrogens is 252 g/mol. The number of hydrogen-bond acceptors (Lipinski definition) is 3. The Morgan fingerprint density at radius 2 is 1.89 bits per heavy atom. The van der Waals surface area contributed by atoms with Gasteiger partial charge in [0.25, 0.3) is 0 Å². The van der Waals surface area contributed by atoms with Crippen molar-refractivity contribution in [3.05, 3.63) is 52.2 Å². The molecule has 0 radical (unpaired) electrons. The molecule has 0 fully saturated rings. The molecular formula is C16H22N2S. The molecule has 3 heteroatoms. The molecule has 0 atom stereocenters. The molecule has 102 valence electrons. The highest BCUT2D eigenvalue weighted by atomic mass is 32.1. The van der Waals surface area contributed by atoms with Crippen LogP contribution in [0.2, 0.25) is 0 Å². The second-order valence-corrected chi connectivity index (χ2v) is 5.96. The minimum Gasteiger partial charge on any atom is -0.384 e. The number of anilines is 1. The molecule has 1 heterocycles. The molecule has 2 nitrogen and oxygen atoms in total. The van der Waals surface area contributed by atoms with Gasteiger partial charge in [0.1, 0.15) is 0 Å². The molecule has 0 saturated heterocycles. The zero-order valence-electron chi connectivity index (χ0n) is 11.7. The van der Waals surface area contributed by atoms with Gasteiger partial charge in [0.15, 0.2) is 0 Å². The van der Waals surface area contributed by atoms with Crippen molar-refractivity contribution in [1.29, 1.82) is 0 Å². The molecule has 0 spiro atoms. The average Bonchev–Trinajstić information content (AvgIpc) is 2.92. The fraction of sp³-hybridized carbons (Fsp3) is 0.375. The fourth-order valence-electron chi connectivity index (χ4n) is 1.93. The van der Waals surface area contributed by atoms with Crippen LogP contribution in [0.25, 0.3) is 0 Å². The Morgan fingerprint density at radius 1 is 1.11 bits per heavy atom. The van der Waals surface area contributed by atoms with Crippen LogP contribution in [0.3, 0.4) is 0 Å². The zero-order valence-corrected chi connectivity index (χ0v) is 12.5. The van der Waals surface area contributed by atoms with E-state index in [1.165, 1.54) is 16.1 Å². The largest absolute Gasteiger partial charge is 0.384 e. The fourth-order valence-corrected chi connectivity index (χ4v) is 2.63. The molecule has 1 aromatic heterocycles. The first kappa shape index (κ1) is 14.1. The third-order valence-electron chi connectivity index (χ3n) is 3.19. The lowest BCUT2D eigenvalue weighted by Gasteiger charge is -2.17. The van der Waals surface area contributed by atoms with E-state index in [4.69, 9.17) is 0 Å². The van der Waals surface area contributed by atoms with Gasteiger partial charge in [0.05, 0.1) is 0 Å². The van der Waals surface area contributed by atoms with Crippen molar-refractivity contribution in [2.45, 2.75) is 13.3 Å². The maximum atomic E-state index is 3.46. The normalized spacial score (nSPS) is 10.9. The van der Waals surface area contributed by atoms with E-state index in [1.807, 2.05) is 11.3 Å². The van der Waals surface area contributed by atoms with Crippen molar-refractivity contribution in [3.63, 3.8) is 0 Å². The Kier molecular flexibility index (Phi) is 5.43. The van der Waals surface area contributed by atoms with Crippen molar-refractivity contribution in [2.75, 3.05) is 32.0 Å². The van der Waals surface area contributed by atoms with E-state index in [1.54, 1.807) is 0 Å². The van der Waals surface area contributed by atoms with Crippen LogP contribution in [0.1, 0.15) is 10.4 Å². The predicted octanol–water partition coefficient (Wildman–Crippen LogP) is 3.64. The quantitative estimate of drug-likeness (QED) is 0.829. The van der Waals surface area contributed by atoms with Gasteiger partial charge in [0, 0.05) is 30.2 Å². The highest BCUT2D eigenvalue weighted by Crippen LogP contribution is 2.10. The summed E-state index contributed by atoms with van der Waals surface area (Å²) in [6.45, 7) is 5.29. The summed E-state index contributed by atoms with van der Waals surface area (Å²) in [7, 11) is 2.18. The third kappa shape index (κ3) is 5.05. The maximum Gasteiger partial charge on any atom is 0.0340 e. The van der Waals surface area contributed by atoms with Crippen LogP contribution in [0, 0.1) is 6.92 Å². The van der Waals surface area contributed by atoms with E-state index in [0.29, 0.717) is 0 Å². The molecule has 0 aliphatic heterocycles. The van der Waals surface area contributed by atoms with E-state index in [2.05, 4.69) is 66.0 Å². The molecule has 0 bridgehead atoms. The number of benzene rings is 1. The monoisotopic (exact) mass is 274 g/mol. The first-order valence-electron chi connectivity index (χ1n) is 6.75. The lowest BCUT2D eigenvalue weighted by atomic mass is 10.2. The van der Waals surface area contributed by atoms with Gasteiger partial charge in [-0.15, -0.1) is 11.3 Å². The van der Waals surface area contributed by atoms with Gasteiger partial charge < -0.3 is 10.2 Å². The molecule has 1 N–H and O–H groups in total. The number of likely N-dealkylation sites (N-methyl/N-ethyl adjacent to an activating group) is 1. The number of nitrogens with zero attached hydrogens (tertiary/aromatic N) is 1. The minimum atomic E-state index is 0.990. The van der Waals surface area contributed by atoms with E-state index in [9.17, 15) is 0 Å². The Balaban J connectivity index is 1.63. The van der Waals surface area contributed by atoms with Gasteiger partial charge in [-0.2, -0.15) is 0 Å². The topological polar surface area (TPSA) is 15.3 Å². The van der Waals surface area contributed by atoms with Crippen LogP contribution in [0.15, 0.2) is 41.8 Å². The van der Waals surface area contributed by atoms with Crippen molar-refractivity contribution in [2.24, 2.45) is 0 Å². The minimum absolute atomic E-state index is 0.990. The molecule has 0 amide bonds. The summed E-state index contributed by atoms with van der Waals surface area (Å²) in [5.41, 5.74) is 2.51. The molecule has 0 aliphatic rings. The second-order valence-electron chi connectivity index (χ2n) is 4.93. The van der Waals surface area contributed by atoms with Gasteiger partial charge in [-0.05, 0) is 44.0 Å². The van der Waals surface area contributed by atoms with E-state index < -0.39 is 0 Å².